The first-order chi connectivity index (χ1) is 11.3. The summed E-state index contributed by atoms with van der Waals surface area (Å²) in [6.07, 6.45) is 4.71. The molecule has 2 fully saturated rings. The van der Waals surface area contributed by atoms with Crippen molar-refractivity contribution in [3.8, 4) is 0 Å². The van der Waals surface area contributed by atoms with Crippen LogP contribution in [0.15, 0.2) is 0 Å². The van der Waals surface area contributed by atoms with Gasteiger partial charge in [-0.1, -0.05) is 0 Å². The fourth-order valence-corrected chi connectivity index (χ4v) is 3.33. The van der Waals surface area contributed by atoms with Crippen molar-refractivity contribution in [3.05, 3.63) is 0 Å². The number of hydrogen-bond donors (Lipinski definition) is 2. The van der Waals surface area contributed by atoms with Crippen LogP contribution in [0.3, 0.4) is 0 Å². The molecule has 2 aromatic rings. The maximum Gasteiger partial charge on any atom is 0.228 e. The monoisotopic (exact) mass is 314 g/mol. The molecule has 2 aliphatic heterocycles. The molecule has 8 heteroatoms. The molecule has 4 rings (SSSR count). The summed E-state index contributed by atoms with van der Waals surface area (Å²) in [7, 11) is 1.81. The summed E-state index contributed by atoms with van der Waals surface area (Å²) < 4.78 is 0. The Bertz CT molecular complexity index is 719. The number of anilines is 4. The molecule has 23 heavy (non-hydrogen) atoms. The molecule has 122 valence electrons. The Hall–Kier alpha value is -2.38. The zero-order chi connectivity index (χ0) is 15.8. The summed E-state index contributed by atoms with van der Waals surface area (Å²) in [6, 6.07) is 0. The third-order valence-electron chi connectivity index (χ3n) is 4.56. The van der Waals surface area contributed by atoms with Gasteiger partial charge >= 0.3 is 0 Å². The SMILES string of the molecule is CNc1nc(N2CCCC2)c2nc(N3CCCC3)nc(N)c2n1. The van der Waals surface area contributed by atoms with E-state index in [0.717, 1.165) is 37.5 Å². The van der Waals surface area contributed by atoms with Crippen molar-refractivity contribution in [2.45, 2.75) is 25.7 Å². The minimum absolute atomic E-state index is 0.427. The molecule has 0 atom stereocenters. The molecule has 0 unspecified atom stereocenters. The average molecular weight is 314 g/mol. The summed E-state index contributed by atoms with van der Waals surface area (Å²) in [4.78, 5) is 22.8. The third kappa shape index (κ3) is 2.47. The number of nitrogens with one attached hydrogen (secondary N) is 1. The lowest BCUT2D eigenvalue weighted by Crippen LogP contribution is -2.23. The second-order valence-electron chi connectivity index (χ2n) is 6.12. The molecule has 0 radical (unpaired) electrons. The Kier molecular flexibility index (Phi) is 3.51. The average Bonchev–Trinajstić information content (AvgIpc) is 3.27. The van der Waals surface area contributed by atoms with E-state index in [1.807, 2.05) is 7.05 Å². The van der Waals surface area contributed by atoms with Crippen LogP contribution in [0, 0.1) is 0 Å². The van der Waals surface area contributed by atoms with Crippen molar-refractivity contribution in [3.63, 3.8) is 0 Å². The third-order valence-corrected chi connectivity index (χ3v) is 4.56. The number of nitrogens with two attached hydrogens (primary N) is 1. The molecule has 0 aliphatic carbocycles. The quantitative estimate of drug-likeness (QED) is 0.873. The van der Waals surface area contributed by atoms with Crippen molar-refractivity contribution >= 4 is 34.6 Å². The molecule has 0 saturated carbocycles. The second kappa shape index (κ2) is 5.68. The van der Waals surface area contributed by atoms with Crippen molar-refractivity contribution in [1.82, 2.24) is 19.9 Å². The number of rotatable bonds is 3. The van der Waals surface area contributed by atoms with Gasteiger partial charge in [0, 0.05) is 33.2 Å². The van der Waals surface area contributed by atoms with Gasteiger partial charge in [-0.25, -0.2) is 9.97 Å². The fraction of sp³-hybridized carbons (Fsp3) is 0.600. The lowest BCUT2D eigenvalue weighted by molar-refractivity contribution is 0.899. The van der Waals surface area contributed by atoms with E-state index in [1.165, 1.54) is 25.7 Å². The van der Waals surface area contributed by atoms with E-state index in [1.54, 1.807) is 0 Å². The molecule has 2 saturated heterocycles. The molecule has 0 bridgehead atoms. The standard InChI is InChI=1S/C15H22N8/c1-17-14-18-10-11(13(21-14)22-6-2-3-7-22)19-15(20-12(10)16)23-8-4-5-9-23/h2-9H2,1H3,(H2,16,19,20)(H,17,18,21). The van der Waals surface area contributed by atoms with E-state index in [-0.39, 0.29) is 0 Å². The number of nitrogen functional groups attached to an aromatic ring is 1. The molecule has 3 N–H and O–H groups in total. The highest BCUT2D eigenvalue weighted by atomic mass is 15.3. The summed E-state index contributed by atoms with van der Waals surface area (Å²) in [5, 5.41) is 3.01. The van der Waals surface area contributed by atoms with E-state index in [2.05, 4.69) is 30.1 Å². The van der Waals surface area contributed by atoms with Gasteiger partial charge in [0.05, 0.1) is 0 Å². The minimum Gasteiger partial charge on any atom is -0.382 e. The first-order valence-electron chi connectivity index (χ1n) is 8.29. The molecule has 0 amide bonds. The Morgan fingerprint density at radius 2 is 1.48 bits per heavy atom. The molecule has 4 heterocycles. The van der Waals surface area contributed by atoms with Crippen LogP contribution in [0.4, 0.5) is 23.5 Å². The topological polar surface area (TPSA) is 96.1 Å². The van der Waals surface area contributed by atoms with E-state index >= 15 is 0 Å². The summed E-state index contributed by atoms with van der Waals surface area (Å²) >= 11 is 0. The van der Waals surface area contributed by atoms with Gasteiger partial charge in [0.15, 0.2) is 11.6 Å². The van der Waals surface area contributed by atoms with Gasteiger partial charge in [0.25, 0.3) is 0 Å². The summed E-state index contributed by atoms with van der Waals surface area (Å²) in [5.41, 5.74) is 7.60. The van der Waals surface area contributed by atoms with Crippen molar-refractivity contribution in [2.24, 2.45) is 0 Å². The smallest absolute Gasteiger partial charge is 0.228 e. The number of nitrogens with zero attached hydrogens (tertiary/aromatic N) is 6. The van der Waals surface area contributed by atoms with Crippen molar-refractivity contribution in [2.75, 3.05) is 54.1 Å². The Balaban J connectivity index is 1.89. The highest BCUT2D eigenvalue weighted by Gasteiger charge is 2.23. The highest BCUT2D eigenvalue weighted by molar-refractivity contribution is 5.94. The van der Waals surface area contributed by atoms with Crippen LogP contribution in [0.2, 0.25) is 0 Å². The maximum atomic E-state index is 6.20. The second-order valence-corrected chi connectivity index (χ2v) is 6.12. The fourth-order valence-electron chi connectivity index (χ4n) is 3.33. The van der Waals surface area contributed by atoms with E-state index < -0.39 is 0 Å². The number of aromatic nitrogens is 4. The predicted molar refractivity (Wildman–Crippen MR) is 92.0 cm³/mol. The lowest BCUT2D eigenvalue weighted by Gasteiger charge is -2.21. The molecule has 2 aliphatic rings. The van der Waals surface area contributed by atoms with Crippen LogP contribution in [0.25, 0.3) is 11.0 Å². The largest absolute Gasteiger partial charge is 0.382 e. The summed E-state index contributed by atoms with van der Waals surface area (Å²) in [6.45, 7) is 3.97. The number of fused-ring (bicyclic) bond motifs is 1. The lowest BCUT2D eigenvalue weighted by atomic mass is 10.3. The van der Waals surface area contributed by atoms with E-state index in [0.29, 0.717) is 23.2 Å². The van der Waals surface area contributed by atoms with Crippen molar-refractivity contribution in [1.29, 1.82) is 0 Å². The van der Waals surface area contributed by atoms with Crippen LogP contribution in [0.1, 0.15) is 25.7 Å². The number of hydrogen-bond acceptors (Lipinski definition) is 8. The first-order valence-corrected chi connectivity index (χ1v) is 8.29. The van der Waals surface area contributed by atoms with E-state index in [9.17, 15) is 0 Å². The molecule has 8 nitrogen and oxygen atoms in total. The molecular weight excluding hydrogens is 292 g/mol. The van der Waals surface area contributed by atoms with Gasteiger partial charge in [-0.2, -0.15) is 9.97 Å². The van der Waals surface area contributed by atoms with Crippen LogP contribution in [-0.4, -0.2) is 53.2 Å². The van der Waals surface area contributed by atoms with Crippen LogP contribution in [-0.2, 0) is 0 Å². The van der Waals surface area contributed by atoms with Gasteiger partial charge in [0.1, 0.15) is 11.0 Å². The Morgan fingerprint density at radius 1 is 0.826 bits per heavy atom. The highest BCUT2D eigenvalue weighted by Crippen LogP contribution is 2.31. The van der Waals surface area contributed by atoms with Gasteiger partial charge in [-0.05, 0) is 25.7 Å². The first kappa shape index (κ1) is 14.2. The van der Waals surface area contributed by atoms with Crippen molar-refractivity contribution < 1.29 is 0 Å². The summed E-state index contributed by atoms with van der Waals surface area (Å²) in [5.74, 6) is 2.56. The minimum atomic E-state index is 0.427. The molecule has 2 aromatic heterocycles. The molecular formula is C15H22N8. The zero-order valence-electron chi connectivity index (χ0n) is 13.4. The normalized spacial score (nSPS) is 18.1. The van der Waals surface area contributed by atoms with Crippen LogP contribution in [0.5, 0.6) is 0 Å². The molecule has 0 aromatic carbocycles. The maximum absolute atomic E-state index is 6.20. The Morgan fingerprint density at radius 3 is 2.13 bits per heavy atom. The van der Waals surface area contributed by atoms with Crippen LogP contribution < -0.4 is 20.9 Å². The predicted octanol–water partition coefficient (Wildman–Crippen LogP) is 1.24. The van der Waals surface area contributed by atoms with E-state index in [4.69, 9.17) is 10.7 Å². The van der Waals surface area contributed by atoms with Gasteiger partial charge in [-0.15, -0.1) is 0 Å². The van der Waals surface area contributed by atoms with Crippen LogP contribution >= 0.6 is 0 Å². The van der Waals surface area contributed by atoms with Gasteiger partial charge < -0.3 is 20.9 Å². The zero-order valence-corrected chi connectivity index (χ0v) is 13.4. The molecule has 0 spiro atoms. The van der Waals surface area contributed by atoms with Gasteiger partial charge in [0.2, 0.25) is 11.9 Å². The Labute approximate surface area is 135 Å². The van der Waals surface area contributed by atoms with Gasteiger partial charge in [-0.3, -0.25) is 0 Å².